The van der Waals surface area contributed by atoms with Crippen LogP contribution in [0, 0.1) is 0 Å². The van der Waals surface area contributed by atoms with Crippen molar-refractivity contribution in [3.8, 4) is 0 Å². The lowest BCUT2D eigenvalue weighted by molar-refractivity contribution is -0.896. The van der Waals surface area contributed by atoms with Crippen molar-refractivity contribution in [1.82, 2.24) is 0 Å². The summed E-state index contributed by atoms with van der Waals surface area (Å²) in [6, 6.07) is 0. The van der Waals surface area contributed by atoms with Crippen LogP contribution in [0.4, 0.5) is 0 Å². The summed E-state index contributed by atoms with van der Waals surface area (Å²) in [5.41, 5.74) is 1.12. The molecule has 0 N–H and O–H groups in total. The van der Waals surface area contributed by atoms with Crippen LogP contribution in [0.2, 0.25) is 0 Å². The van der Waals surface area contributed by atoms with Crippen LogP contribution in [0.15, 0.2) is 0 Å². The number of unbranched alkanes of at least 4 members (excludes halogenated alkanes) is 6. The van der Waals surface area contributed by atoms with E-state index in [0.717, 1.165) is 5.45 Å². The summed E-state index contributed by atoms with van der Waals surface area (Å²) in [7, 11) is 2.39. The number of hydrogen-bond acceptors (Lipinski definition) is 0. The van der Waals surface area contributed by atoms with Crippen molar-refractivity contribution in [2.24, 2.45) is 0 Å². The minimum atomic E-state index is 0. The van der Waals surface area contributed by atoms with Crippen LogP contribution in [-0.4, -0.2) is 30.1 Å². The lowest BCUT2D eigenvalue weighted by Gasteiger charge is -2.32. The lowest BCUT2D eigenvalue weighted by Crippen LogP contribution is -3.00. The molecule has 0 spiro atoms. The van der Waals surface area contributed by atoms with Gasteiger partial charge in [-0.15, -0.1) is 0 Å². The molecule has 0 heterocycles. The first kappa shape index (κ1) is 20.1. The Bertz CT molecular complexity index is 155. The third-order valence-electron chi connectivity index (χ3n) is 3.39. The average Bonchev–Trinajstić information content (AvgIpc) is 2.29. The SMILES string of the molecule is CCCCCCC[N+](C)(CBr)CCCCC.[Cl-]. The van der Waals surface area contributed by atoms with E-state index in [2.05, 4.69) is 36.8 Å². The highest BCUT2D eigenvalue weighted by Crippen LogP contribution is 2.13. The molecule has 0 fully saturated rings. The minimum absolute atomic E-state index is 0. The predicted molar refractivity (Wildman–Crippen MR) is 78.0 cm³/mol. The second kappa shape index (κ2) is 13.2. The van der Waals surface area contributed by atoms with Crippen molar-refractivity contribution in [3.05, 3.63) is 0 Å². The highest BCUT2D eigenvalue weighted by Gasteiger charge is 2.18. The van der Waals surface area contributed by atoms with E-state index in [9.17, 15) is 0 Å². The molecule has 0 aliphatic rings. The Kier molecular flexibility index (Phi) is 15.5. The summed E-state index contributed by atoms with van der Waals surface area (Å²) in [5.74, 6) is 0. The van der Waals surface area contributed by atoms with Gasteiger partial charge in [0.1, 0.15) is 5.45 Å². The molecule has 1 unspecified atom stereocenters. The first-order valence-corrected chi connectivity index (χ1v) is 8.20. The summed E-state index contributed by atoms with van der Waals surface area (Å²) < 4.78 is 1.21. The molecule has 0 aromatic rings. The van der Waals surface area contributed by atoms with Crippen LogP contribution >= 0.6 is 15.9 Å². The fourth-order valence-corrected chi connectivity index (χ4v) is 2.57. The van der Waals surface area contributed by atoms with Gasteiger partial charge in [-0.2, -0.15) is 0 Å². The number of halogens is 2. The maximum Gasteiger partial charge on any atom is 0.134 e. The molecule has 17 heavy (non-hydrogen) atoms. The zero-order valence-corrected chi connectivity index (χ0v) is 14.3. The fraction of sp³-hybridized carbons (Fsp3) is 1.00. The maximum atomic E-state index is 3.68. The third kappa shape index (κ3) is 11.5. The molecule has 0 saturated heterocycles. The largest absolute Gasteiger partial charge is 1.00 e. The third-order valence-corrected chi connectivity index (χ3v) is 4.60. The standard InChI is InChI=1S/C14H31BrN.ClH/c1-4-6-8-9-11-13-16(3,14-15)12-10-7-5-2;/h4-14H2,1-3H3;1H/q+1;/p-1. The molecule has 0 aliphatic heterocycles. The van der Waals surface area contributed by atoms with E-state index in [1.807, 2.05) is 0 Å². The van der Waals surface area contributed by atoms with Crippen molar-refractivity contribution < 1.29 is 16.9 Å². The Hall–Kier alpha value is 0.730. The zero-order valence-electron chi connectivity index (χ0n) is 12.0. The van der Waals surface area contributed by atoms with Gasteiger partial charge in [-0.25, -0.2) is 0 Å². The van der Waals surface area contributed by atoms with Gasteiger partial charge in [-0.1, -0.05) is 39.5 Å². The van der Waals surface area contributed by atoms with Gasteiger partial charge < -0.3 is 16.9 Å². The van der Waals surface area contributed by atoms with Gasteiger partial charge in [0.05, 0.1) is 20.1 Å². The van der Waals surface area contributed by atoms with Crippen LogP contribution in [0.3, 0.4) is 0 Å². The Morgan fingerprint density at radius 2 is 1.18 bits per heavy atom. The van der Waals surface area contributed by atoms with Crippen LogP contribution < -0.4 is 12.4 Å². The quantitative estimate of drug-likeness (QED) is 0.235. The molecular formula is C14H31BrClN. The van der Waals surface area contributed by atoms with Crippen molar-refractivity contribution in [3.63, 3.8) is 0 Å². The van der Waals surface area contributed by atoms with E-state index in [0.29, 0.717) is 0 Å². The van der Waals surface area contributed by atoms with Crippen LogP contribution in [-0.2, 0) is 0 Å². The molecule has 0 aromatic heterocycles. The van der Waals surface area contributed by atoms with Gasteiger partial charge in [-0.05, 0) is 41.6 Å². The van der Waals surface area contributed by atoms with Crippen LogP contribution in [0.5, 0.6) is 0 Å². The van der Waals surface area contributed by atoms with E-state index in [1.54, 1.807) is 0 Å². The number of hydrogen-bond donors (Lipinski definition) is 0. The highest BCUT2D eigenvalue weighted by molar-refractivity contribution is 9.09. The van der Waals surface area contributed by atoms with Gasteiger partial charge in [-0.3, -0.25) is 0 Å². The fourth-order valence-electron chi connectivity index (χ4n) is 2.07. The number of quaternary nitrogens is 1. The summed E-state index contributed by atoms with van der Waals surface area (Å²) in [6.45, 7) is 7.25. The van der Waals surface area contributed by atoms with E-state index in [-0.39, 0.29) is 12.4 Å². The topological polar surface area (TPSA) is 0 Å². The Balaban J connectivity index is 0. The van der Waals surface area contributed by atoms with Crippen LogP contribution in [0.1, 0.15) is 65.2 Å². The zero-order chi connectivity index (χ0) is 12.3. The summed E-state index contributed by atoms with van der Waals surface area (Å²) in [4.78, 5) is 0. The molecule has 0 aromatic carbocycles. The summed E-state index contributed by atoms with van der Waals surface area (Å²) in [6.07, 6.45) is 11.1. The Morgan fingerprint density at radius 1 is 0.765 bits per heavy atom. The predicted octanol–water partition coefficient (Wildman–Crippen LogP) is 1.95. The average molecular weight is 329 g/mol. The van der Waals surface area contributed by atoms with Crippen LogP contribution in [0.25, 0.3) is 0 Å². The van der Waals surface area contributed by atoms with Crippen molar-refractivity contribution >= 4 is 15.9 Å². The molecule has 106 valence electrons. The van der Waals surface area contributed by atoms with E-state index in [1.165, 1.54) is 68.9 Å². The lowest BCUT2D eigenvalue weighted by atomic mass is 10.1. The number of nitrogens with zero attached hydrogens (tertiary/aromatic N) is 1. The Morgan fingerprint density at radius 3 is 1.65 bits per heavy atom. The van der Waals surface area contributed by atoms with Crippen molar-refractivity contribution in [2.45, 2.75) is 65.2 Å². The number of alkyl halides is 1. The molecular weight excluding hydrogens is 298 g/mol. The smallest absolute Gasteiger partial charge is 0.134 e. The molecule has 1 atom stereocenters. The van der Waals surface area contributed by atoms with Gasteiger partial charge in [0.15, 0.2) is 0 Å². The van der Waals surface area contributed by atoms with Gasteiger partial charge in [0.25, 0.3) is 0 Å². The minimum Gasteiger partial charge on any atom is -1.00 e. The maximum absolute atomic E-state index is 3.68. The molecule has 0 radical (unpaired) electrons. The molecule has 3 heteroatoms. The van der Waals surface area contributed by atoms with E-state index in [4.69, 9.17) is 0 Å². The van der Waals surface area contributed by atoms with E-state index >= 15 is 0 Å². The first-order valence-electron chi connectivity index (χ1n) is 7.08. The van der Waals surface area contributed by atoms with Crippen molar-refractivity contribution in [2.75, 3.05) is 25.6 Å². The van der Waals surface area contributed by atoms with Gasteiger partial charge in [0, 0.05) is 0 Å². The highest BCUT2D eigenvalue weighted by atomic mass is 79.9. The monoisotopic (exact) mass is 327 g/mol. The summed E-state index contributed by atoms with van der Waals surface area (Å²) >= 11 is 3.68. The van der Waals surface area contributed by atoms with Gasteiger partial charge in [0.2, 0.25) is 0 Å². The Labute approximate surface area is 123 Å². The molecule has 0 aliphatic carbocycles. The number of rotatable bonds is 11. The van der Waals surface area contributed by atoms with Crippen molar-refractivity contribution in [1.29, 1.82) is 0 Å². The molecule has 0 rings (SSSR count). The molecule has 0 bridgehead atoms. The summed E-state index contributed by atoms with van der Waals surface area (Å²) in [5, 5.41) is 0. The molecule has 0 saturated carbocycles. The molecule has 1 nitrogen and oxygen atoms in total. The van der Waals surface area contributed by atoms with Gasteiger partial charge >= 0.3 is 0 Å². The normalized spacial score (nSPS) is 14.1. The second-order valence-electron chi connectivity index (χ2n) is 5.31. The molecule has 0 amide bonds. The second-order valence-corrected chi connectivity index (χ2v) is 5.81. The van der Waals surface area contributed by atoms with E-state index < -0.39 is 0 Å². The first-order chi connectivity index (χ1) is 7.68.